The Morgan fingerprint density at radius 2 is 1.34 bits per heavy atom. The Labute approximate surface area is 217 Å². The molecule has 1 aromatic heterocycles. The number of rotatable bonds is 22. The van der Waals surface area contributed by atoms with Crippen LogP contribution in [0.15, 0.2) is 36.7 Å². The summed E-state index contributed by atoms with van der Waals surface area (Å²) in [5.74, 6) is 0.686. The van der Waals surface area contributed by atoms with Crippen molar-refractivity contribution < 1.29 is 0 Å². The van der Waals surface area contributed by atoms with Crippen LogP contribution in [0, 0.1) is 5.92 Å². The summed E-state index contributed by atoms with van der Waals surface area (Å²) in [5, 5.41) is 4.93. The molecule has 0 radical (unpaired) electrons. The largest absolute Gasteiger partial charge is 0.389 e. The predicted octanol–water partition coefficient (Wildman–Crippen LogP) is 10.3. The second-order valence-electron chi connectivity index (χ2n) is 11.3. The van der Waals surface area contributed by atoms with Gasteiger partial charge in [0.25, 0.3) is 0 Å². The van der Waals surface area contributed by atoms with Crippen molar-refractivity contribution in [2.75, 3.05) is 6.54 Å². The lowest BCUT2D eigenvalue weighted by molar-refractivity contribution is 0.528. The van der Waals surface area contributed by atoms with E-state index in [9.17, 15) is 0 Å². The zero-order valence-electron chi connectivity index (χ0n) is 23.5. The quantitative estimate of drug-likeness (QED) is 0.161. The molecule has 0 aliphatic heterocycles. The maximum atomic E-state index is 4.29. The highest BCUT2D eigenvalue weighted by atomic mass is 14.9. The molecule has 0 atom stereocenters. The third-order valence-corrected chi connectivity index (χ3v) is 7.28. The van der Waals surface area contributed by atoms with Crippen molar-refractivity contribution >= 4 is 10.9 Å². The third-order valence-electron chi connectivity index (χ3n) is 7.28. The van der Waals surface area contributed by atoms with E-state index >= 15 is 0 Å². The Kier molecular flexibility index (Phi) is 15.7. The molecule has 2 N–H and O–H groups in total. The van der Waals surface area contributed by atoms with Gasteiger partial charge >= 0.3 is 0 Å². The molecule has 0 unspecified atom stereocenters. The van der Waals surface area contributed by atoms with Gasteiger partial charge in [0, 0.05) is 35.8 Å². The van der Waals surface area contributed by atoms with Crippen LogP contribution in [-0.2, 0) is 12.8 Å². The fourth-order valence-electron chi connectivity index (χ4n) is 5.20. The first kappa shape index (κ1) is 29.5. The number of H-pyrrole nitrogens is 1. The highest BCUT2D eigenvalue weighted by Gasteiger charge is 2.07. The molecule has 2 rings (SSSR count). The van der Waals surface area contributed by atoms with Crippen LogP contribution < -0.4 is 5.32 Å². The van der Waals surface area contributed by atoms with Gasteiger partial charge in [-0.2, -0.15) is 0 Å². The normalized spacial score (nSPS) is 11.5. The molecule has 198 valence electrons. The number of hydrogen-bond donors (Lipinski definition) is 2. The van der Waals surface area contributed by atoms with Gasteiger partial charge in [-0.3, -0.25) is 0 Å². The number of unbranched alkanes of at least 4 members (excludes halogenated alkanes) is 15. The van der Waals surface area contributed by atoms with Gasteiger partial charge in [0.2, 0.25) is 0 Å². The number of nitrogens with one attached hydrogen (secondary N) is 2. The summed E-state index contributed by atoms with van der Waals surface area (Å²) < 4.78 is 0. The second kappa shape index (κ2) is 18.6. The lowest BCUT2D eigenvalue weighted by atomic mass is 10.00. The van der Waals surface area contributed by atoms with Crippen molar-refractivity contribution in [2.24, 2.45) is 5.92 Å². The van der Waals surface area contributed by atoms with Gasteiger partial charge in [-0.25, -0.2) is 0 Å². The minimum absolute atomic E-state index is 0.686. The molecule has 0 amide bonds. The van der Waals surface area contributed by atoms with E-state index in [1.165, 1.54) is 125 Å². The maximum absolute atomic E-state index is 4.29. The zero-order valence-corrected chi connectivity index (χ0v) is 23.5. The summed E-state index contributed by atoms with van der Waals surface area (Å²) in [4.78, 5) is 3.43. The van der Waals surface area contributed by atoms with Crippen LogP contribution in [0.1, 0.15) is 135 Å². The van der Waals surface area contributed by atoms with Gasteiger partial charge in [0.05, 0.1) is 0 Å². The summed E-state index contributed by atoms with van der Waals surface area (Å²) in [6, 6.07) is 6.85. The van der Waals surface area contributed by atoms with E-state index in [0.29, 0.717) is 5.92 Å². The molecule has 2 aromatic rings. The summed E-state index contributed by atoms with van der Waals surface area (Å²) in [6.45, 7) is 12.2. The van der Waals surface area contributed by atoms with Crippen molar-refractivity contribution in [3.8, 4) is 0 Å². The van der Waals surface area contributed by atoms with Crippen LogP contribution >= 0.6 is 0 Å². The van der Waals surface area contributed by atoms with E-state index in [-0.39, 0.29) is 0 Å². The minimum atomic E-state index is 0.686. The Hall–Kier alpha value is -1.70. The first-order valence-electron chi connectivity index (χ1n) is 15.1. The molecule has 0 saturated carbocycles. The molecular formula is C33H56N2. The lowest BCUT2D eigenvalue weighted by Crippen LogP contribution is -2.15. The number of aromatic amines is 1. The SMILES string of the molecule is C=C(Cc1c[nH]c2ccc(CC(C)C)cc12)NCCCCCCCCCCCCCCCCCC. The van der Waals surface area contributed by atoms with Crippen LogP contribution in [0.5, 0.6) is 0 Å². The molecule has 0 bridgehead atoms. The van der Waals surface area contributed by atoms with E-state index in [4.69, 9.17) is 0 Å². The summed E-state index contributed by atoms with van der Waals surface area (Å²) in [6.07, 6.45) is 26.9. The summed E-state index contributed by atoms with van der Waals surface area (Å²) >= 11 is 0. The van der Waals surface area contributed by atoms with E-state index in [1.54, 1.807) is 0 Å². The third kappa shape index (κ3) is 13.3. The lowest BCUT2D eigenvalue weighted by Gasteiger charge is -2.10. The topological polar surface area (TPSA) is 27.8 Å². The van der Waals surface area contributed by atoms with Gasteiger partial charge in [-0.15, -0.1) is 0 Å². The first-order valence-corrected chi connectivity index (χ1v) is 15.1. The van der Waals surface area contributed by atoms with Crippen LogP contribution in [0.25, 0.3) is 10.9 Å². The van der Waals surface area contributed by atoms with Crippen LogP contribution in [0.3, 0.4) is 0 Å². The number of hydrogen-bond acceptors (Lipinski definition) is 1. The fraction of sp³-hybridized carbons (Fsp3) is 0.697. The van der Waals surface area contributed by atoms with Crippen molar-refractivity contribution in [3.05, 3.63) is 47.8 Å². The number of benzene rings is 1. The summed E-state index contributed by atoms with van der Waals surface area (Å²) in [5.41, 5.74) is 5.16. The van der Waals surface area contributed by atoms with Crippen LogP contribution in [0.4, 0.5) is 0 Å². The van der Waals surface area contributed by atoms with Gasteiger partial charge in [-0.05, 0) is 42.0 Å². The molecule has 0 fully saturated rings. The molecule has 0 aliphatic rings. The minimum Gasteiger partial charge on any atom is -0.389 e. The van der Waals surface area contributed by atoms with Crippen LogP contribution in [0.2, 0.25) is 0 Å². The van der Waals surface area contributed by atoms with Crippen molar-refractivity contribution in [1.82, 2.24) is 10.3 Å². The molecule has 2 heteroatoms. The van der Waals surface area contributed by atoms with Gasteiger partial charge in [0.15, 0.2) is 0 Å². The highest BCUT2D eigenvalue weighted by Crippen LogP contribution is 2.23. The molecular weight excluding hydrogens is 424 g/mol. The average molecular weight is 481 g/mol. The molecule has 0 aliphatic carbocycles. The predicted molar refractivity (Wildman–Crippen MR) is 157 cm³/mol. The van der Waals surface area contributed by atoms with Crippen LogP contribution in [-0.4, -0.2) is 11.5 Å². The highest BCUT2D eigenvalue weighted by molar-refractivity contribution is 5.84. The maximum Gasteiger partial charge on any atom is 0.0457 e. The number of aromatic nitrogens is 1. The Bertz CT molecular complexity index is 801. The molecule has 0 saturated heterocycles. The Morgan fingerprint density at radius 3 is 1.89 bits per heavy atom. The smallest absolute Gasteiger partial charge is 0.0457 e. The van der Waals surface area contributed by atoms with Crippen molar-refractivity contribution in [3.63, 3.8) is 0 Å². The van der Waals surface area contributed by atoms with Crippen molar-refractivity contribution in [2.45, 2.75) is 136 Å². The molecule has 0 spiro atoms. The molecule has 35 heavy (non-hydrogen) atoms. The Morgan fingerprint density at radius 1 is 0.800 bits per heavy atom. The fourth-order valence-corrected chi connectivity index (χ4v) is 5.20. The summed E-state index contributed by atoms with van der Waals surface area (Å²) in [7, 11) is 0. The van der Waals surface area contributed by atoms with Gasteiger partial charge < -0.3 is 10.3 Å². The monoisotopic (exact) mass is 480 g/mol. The molecule has 2 nitrogen and oxygen atoms in total. The van der Waals surface area contributed by atoms with E-state index in [1.807, 2.05) is 0 Å². The van der Waals surface area contributed by atoms with E-state index < -0.39 is 0 Å². The Balaban J connectivity index is 1.43. The zero-order chi connectivity index (χ0) is 25.1. The first-order chi connectivity index (χ1) is 17.1. The number of allylic oxidation sites excluding steroid dienone is 1. The van der Waals surface area contributed by atoms with E-state index in [0.717, 1.165) is 25.1 Å². The van der Waals surface area contributed by atoms with Gasteiger partial charge in [0.1, 0.15) is 0 Å². The van der Waals surface area contributed by atoms with Gasteiger partial charge in [-0.1, -0.05) is 130 Å². The molecule has 1 heterocycles. The van der Waals surface area contributed by atoms with Crippen molar-refractivity contribution in [1.29, 1.82) is 0 Å². The molecule has 1 aromatic carbocycles. The number of fused-ring (bicyclic) bond motifs is 1. The second-order valence-corrected chi connectivity index (χ2v) is 11.3. The average Bonchev–Trinajstić information content (AvgIpc) is 3.22. The van der Waals surface area contributed by atoms with E-state index in [2.05, 4.69) is 62.0 Å². The standard InChI is InChI=1S/C33H56N2/c1-5-6-7-8-9-10-11-12-13-14-15-16-17-18-19-20-23-34-29(4)25-31-27-35-33-22-21-30(24-28(2)3)26-32(31)33/h21-22,26-28,34-35H,4-20,23-25H2,1-3H3.